The van der Waals surface area contributed by atoms with Crippen LogP contribution in [0.3, 0.4) is 0 Å². The van der Waals surface area contributed by atoms with E-state index in [1.807, 2.05) is 29.5 Å². The Balaban J connectivity index is 1.60. The van der Waals surface area contributed by atoms with Crippen molar-refractivity contribution in [2.24, 2.45) is 0 Å². The summed E-state index contributed by atoms with van der Waals surface area (Å²) in [4.78, 5) is 20.4. The molecule has 31 heavy (non-hydrogen) atoms. The zero-order chi connectivity index (χ0) is 21.5. The van der Waals surface area contributed by atoms with Gasteiger partial charge in [0.25, 0.3) is 5.91 Å². The van der Waals surface area contributed by atoms with Crippen molar-refractivity contribution >= 4 is 16.9 Å². The number of carbonyl (C=O) groups excluding carboxylic acids is 1. The SMILES string of the molecule is CC(C)n1ncc2c(C(=O)N(Cc3ccc(F)cc3)C3CC3)cc(-c3ccco3)nc21. The maximum absolute atomic E-state index is 13.8. The molecule has 3 heterocycles. The normalized spacial score (nSPS) is 13.8. The number of furan rings is 1. The van der Waals surface area contributed by atoms with Gasteiger partial charge in [-0.3, -0.25) is 4.79 Å². The molecule has 1 amide bonds. The topological polar surface area (TPSA) is 64.2 Å². The largest absolute Gasteiger partial charge is 0.463 e. The van der Waals surface area contributed by atoms with E-state index in [-0.39, 0.29) is 23.8 Å². The fourth-order valence-corrected chi connectivity index (χ4v) is 3.82. The van der Waals surface area contributed by atoms with E-state index in [4.69, 9.17) is 9.40 Å². The van der Waals surface area contributed by atoms with E-state index >= 15 is 0 Å². The molecule has 0 N–H and O–H groups in total. The number of carbonyl (C=O) groups is 1. The Hall–Kier alpha value is -3.48. The molecule has 0 bridgehead atoms. The molecule has 1 saturated carbocycles. The fraction of sp³-hybridized carbons (Fsp3) is 0.292. The number of hydrogen-bond donors (Lipinski definition) is 0. The minimum atomic E-state index is -0.284. The predicted octanol–water partition coefficient (Wildman–Crippen LogP) is 5.22. The van der Waals surface area contributed by atoms with E-state index < -0.39 is 0 Å². The lowest BCUT2D eigenvalue weighted by molar-refractivity contribution is 0.0732. The summed E-state index contributed by atoms with van der Waals surface area (Å²) in [6.07, 6.45) is 5.24. The average molecular weight is 418 g/mol. The predicted molar refractivity (Wildman–Crippen MR) is 115 cm³/mol. The molecule has 6 nitrogen and oxygen atoms in total. The molecule has 0 aliphatic heterocycles. The van der Waals surface area contributed by atoms with Crippen molar-refractivity contribution in [3.63, 3.8) is 0 Å². The molecule has 0 saturated heterocycles. The van der Waals surface area contributed by atoms with Crippen LogP contribution in [0.5, 0.6) is 0 Å². The first-order chi connectivity index (χ1) is 15.0. The lowest BCUT2D eigenvalue weighted by atomic mass is 10.1. The highest BCUT2D eigenvalue weighted by molar-refractivity contribution is 6.06. The van der Waals surface area contributed by atoms with E-state index in [0.717, 1.165) is 23.8 Å². The van der Waals surface area contributed by atoms with E-state index in [1.54, 1.807) is 36.7 Å². The monoisotopic (exact) mass is 418 g/mol. The third-order valence-corrected chi connectivity index (χ3v) is 5.57. The first kappa shape index (κ1) is 19.5. The van der Waals surface area contributed by atoms with Crippen molar-refractivity contribution in [2.75, 3.05) is 0 Å². The van der Waals surface area contributed by atoms with Crippen LogP contribution in [0.2, 0.25) is 0 Å². The summed E-state index contributed by atoms with van der Waals surface area (Å²) < 4.78 is 20.7. The van der Waals surface area contributed by atoms with Crippen molar-refractivity contribution in [1.82, 2.24) is 19.7 Å². The quantitative estimate of drug-likeness (QED) is 0.431. The smallest absolute Gasteiger partial charge is 0.255 e. The summed E-state index contributed by atoms with van der Waals surface area (Å²) in [5, 5.41) is 5.21. The minimum absolute atomic E-state index is 0.0738. The van der Waals surface area contributed by atoms with E-state index in [1.165, 1.54) is 12.1 Å². The molecule has 1 fully saturated rings. The van der Waals surface area contributed by atoms with Crippen LogP contribution in [0.15, 0.2) is 59.3 Å². The lowest BCUT2D eigenvalue weighted by Gasteiger charge is -2.23. The number of benzene rings is 1. The molecular formula is C24H23FN4O2. The molecule has 3 aromatic heterocycles. The van der Waals surface area contributed by atoms with E-state index in [0.29, 0.717) is 29.2 Å². The van der Waals surface area contributed by atoms with Gasteiger partial charge in [0, 0.05) is 18.6 Å². The standard InChI is InChI=1S/C24H23FN4O2/c1-15(2)29-23-20(13-26-29)19(12-21(27-23)22-4-3-11-31-22)24(30)28(18-9-10-18)14-16-5-7-17(25)8-6-16/h3-8,11-13,15,18H,9-10,14H2,1-2H3. The number of pyridine rings is 1. The Morgan fingerprint density at radius 1 is 1.26 bits per heavy atom. The van der Waals surface area contributed by atoms with Gasteiger partial charge in [-0.2, -0.15) is 5.10 Å². The first-order valence-corrected chi connectivity index (χ1v) is 10.5. The number of nitrogens with zero attached hydrogens (tertiary/aromatic N) is 4. The lowest BCUT2D eigenvalue weighted by Crippen LogP contribution is -2.32. The molecule has 1 aliphatic carbocycles. The van der Waals surface area contributed by atoms with E-state index in [2.05, 4.69) is 5.10 Å². The number of hydrogen-bond acceptors (Lipinski definition) is 4. The highest BCUT2D eigenvalue weighted by Gasteiger charge is 2.34. The summed E-state index contributed by atoms with van der Waals surface area (Å²) in [5.41, 5.74) is 2.71. The molecule has 0 unspecified atom stereocenters. The van der Waals surface area contributed by atoms with Gasteiger partial charge in [-0.05, 0) is 62.6 Å². The average Bonchev–Trinajstić information content (AvgIpc) is 3.27. The zero-order valence-electron chi connectivity index (χ0n) is 17.5. The Morgan fingerprint density at radius 3 is 2.68 bits per heavy atom. The van der Waals surface area contributed by atoms with Crippen molar-refractivity contribution in [2.45, 2.75) is 45.3 Å². The van der Waals surface area contributed by atoms with Gasteiger partial charge in [0.2, 0.25) is 0 Å². The van der Waals surface area contributed by atoms with Crippen LogP contribution in [-0.2, 0) is 6.54 Å². The van der Waals surface area contributed by atoms with Gasteiger partial charge in [0.15, 0.2) is 11.4 Å². The molecule has 5 rings (SSSR count). The van der Waals surface area contributed by atoms with Crippen LogP contribution in [-0.4, -0.2) is 31.6 Å². The number of amides is 1. The molecule has 4 aromatic rings. The van der Waals surface area contributed by atoms with Crippen molar-refractivity contribution in [3.8, 4) is 11.5 Å². The van der Waals surface area contributed by atoms with Crippen molar-refractivity contribution in [1.29, 1.82) is 0 Å². The van der Waals surface area contributed by atoms with Gasteiger partial charge in [0.05, 0.1) is 23.4 Å². The zero-order valence-corrected chi connectivity index (χ0v) is 17.5. The molecule has 0 radical (unpaired) electrons. The maximum atomic E-state index is 13.8. The van der Waals surface area contributed by atoms with Crippen LogP contribution in [0, 0.1) is 5.82 Å². The summed E-state index contributed by atoms with van der Waals surface area (Å²) in [6.45, 7) is 4.49. The Kier molecular flexibility index (Phi) is 4.81. The van der Waals surface area contributed by atoms with Gasteiger partial charge in [-0.1, -0.05) is 12.1 Å². The van der Waals surface area contributed by atoms with Crippen LogP contribution >= 0.6 is 0 Å². The van der Waals surface area contributed by atoms with Gasteiger partial charge in [-0.15, -0.1) is 0 Å². The van der Waals surface area contributed by atoms with Crippen LogP contribution < -0.4 is 0 Å². The number of aromatic nitrogens is 3. The molecule has 1 aliphatic rings. The number of fused-ring (bicyclic) bond motifs is 1. The first-order valence-electron chi connectivity index (χ1n) is 10.5. The number of halogens is 1. The van der Waals surface area contributed by atoms with Crippen molar-refractivity contribution < 1.29 is 13.6 Å². The minimum Gasteiger partial charge on any atom is -0.463 e. The second-order valence-corrected chi connectivity index (χ2v) is 8.24. The van der Waals surface area contributed by atoms with Crippen LogP contribution in [0.4, 0.5) is 4.39 Å². The van der Waals surface area contributed by atoms with Gasteiger partial charge in [0.1, 0.15) is 11.5 Å². The highest BCUT2D eigenvalue weighted by Crippen LogP contribution is 2.33. The van der Waals surface area contributed by atoms with Gasteiger partial charge < -0.3 is 9.32 Å². The maximum Gasteiger partial charge on any atom is 0.255 e. The summed E-state index contributed by atoms with van der Waals surface area (Å²) >= 11 is 0. The second-order valence-electron chi connectivity index (χ2n) is 8.24. The number of rotatable bonds is 6. The second kappa shape index (κ2) is 7.65. The molecule has 1 aromatic carbocycles. The Bertz CT molecular complexity index is 1220. The van der Waals surface area contributed by atoms with Gasteiger partial charge >= 0.3 is 0 Å². The fourth-order valence-electron chi connectivity index (χ4n) is 3.82. The van der Waals surface area contributed by atoms with E-state index in [9.17, 15) is 9.18 Å². The summed E-state index contributed by atoms with van der Waals surface area (Å²) in [6, 6.07) is 12.0. The molecule has 158 valence electrons. The third-order valence-electron chi connectivity index (χ3n) is 5.57. The van der Waals surface area contributed by atoms with Gasteiger partial charge in [-0.25, -0.2) is 14.1 Å². The molecule has 7 heteroatoms. The van der Waals surface area contributed by atoms with Crippen molar-refractivity contribution in [3.05, 3.63) is 71.9 Å². The molecular weight excluding hydrogens is 395 g/mol. The summed E-state index contributed by atoms with van der Waals surface area (Å²) in [7, 11) is 0. The van der Waals surface area contributed by atoms with Crippen LogP contribution in [0.1, 0.15) is 48.7 Å². The molecule has 0 atom stereocenters. The molecule has 0 spiro atoms. The highest BCUT2D eigenvalue weighted by atomic mass is 19.1. The Morgan fingerprint density at radius 2 is 2.03 bits per heavy atom. The Labute approximate surface area is 179 Å². The summed E-state index contributed by atoms with van der Waals surface area (Å²) in [5.74, 6) is 0.243. The van der Waals surface area contributed by atoms with Crippen LogP contribution in [0.25, 0.3) is 22.5 Å². The third kappa shape index (κ3) is 3.71.